The summed E-state index contributed by atoms with van der Waals surface area (Å²) in [5, 5.41) is 5.59. The molecule has 2 N–H and O–H groups in total. The summed E-state index contributed by atoms with van der Waals surface area (Å²) in [6.07, 6.45) is 4.35. The Morgan fingerprint density at radius 3 is 2.38 bits per heavy atom. The van der Waals surface area contributed by atoms with Gasteiger partial charge in [-0.1, -0.05) is 24.2 Å². The quantitative estimate of drug-likeness (QED) is 0.841. The lowest BCUT2D eigenvalue weighted by molar-refractivity contribution is 0.0765. The summed E-state index contributed by atoms with van der Waals surface area (Å²) < 4.78 is 12.9. The van der Waals surface area contributed by atoms with Crippen molar-refractivity contribution < 1.29 is 14.0 Å². The molecule has 26 heavy (non-hydrogen) atoms. The van der Waals surface area contributed by atoms with Crippen LogP contribution in [0.4, 0.5) is 20.0 Å². The highest BCUT2D eigenvalue weighted by Gasteiger charge is 2.22. The Morgan fingerprint density at radius 1 is 1.08 bits per heavy atom. The van der Waals surface area contributed by atoms with Crippen LogP contribution in [0.15, 0.2) is 24.3 Å². The Morgan fingerprint density at radius 2 is 1.73 bits per heavy atom. The fraction of sp³-hybridized carbons (Fsp3) is 0.389. The number of carbonyl (C=O) groups is 2. The Labute approximate surface area is 155 Å². The molecule has 138 valence electrons. The lowest BCUT2D eigenvalue weighted by atomic mass is 10.2. The number of halogens is 1. The van der Waals surface area contributed by atoms with E-state index in [1.165, 1.54) is 35.6 Å². The minimum Gasteiger partial charge on any atom is -0.338 e. The van der Waals surface area contributed by atoms with Gasteiger partial charge in [0.1, 0.15) is 10.7 Å². The highest BCUT2D eigenvalue weighted by Crippen LogP contribution is 2.25. The molecular formula is C18H21FN4O2S. The number of aromatic nitrogens is 1. The Bertz CT molecular complexity index is 783. The maximum Gasteiger partial charge on any atom is 0.325 e. The van der Waals surface area contributed by atoms with Gasteiger partial charge in [0, 0.05) is 18.8 Å². The second kappa shape index (κ2) is 8.27. The first-order valence-corrected chi connectivity index (χ1v) is 9.45. The number of hydrogen-bond acceptors (Lipinski definition) is 4. The first-order valence-electron chi connectivity index (χ1n) is 8.63. The highest BCUT2D eigenvalue weighted by molar-refractivity contribution is 7.17. The number of carbonyl (C=O) groups excluding carboxylic acids is 2. The summed E-state index contributed by atoms with van der Waals surface area (Å²) in [6, 6.07) is 4.98. The zero-order chi connectivity index (χ0) is 18.5. The topological polar surface area (TPSA) is 74.3 Å². The van der Waals surface area contributed by atoms with Gasteiger partial charge in [0.05, 0.1) is 5.69 Å². The van der Waals surface area contributed by atoms with Gasteiger partial charge in [-0.2, -0.15) is 0 Å². The molecule has 3 amide bonds. The van der Waals surface area contributed by atoms with Crippen LogP contribution in [0.25, 0.3) is 0 Å². The Hall–Kier alpha value is -2.48. The summed E-state index contributed by atoms with van der Waals surface area (Å²) >= 11 is 1.18. The molecule has 0 unspecified atom stereocenters. The van der Waals surface area contributed by atoms with Gasteiger partial charge in [0.15, 0.2) is 5.13 Å². The molecule has 1 fully saturated rings. The summed E-state index contributed by atoms with van der Waals surface area (Å²) in [5.41, 5.74) is 1.08. The first-order chi connectivity index (χ1) is 12.5. The molecule has 0 radical (unpaired) electrons. The molecule has 1 aromatic heterocycles. The van der Waals surface area contributed by atoms with E-state index in [-0.39, 0.29) is 11.7 Å². The van der Waals surface area contributed by atoms with E-state index in [9.17, 15) is 14.0 Å². The van der Waals surface area contributed by atoms with E-state index in [4.69, 9.17) is 0 Å². The molecule has 1 saturated heterocycles. The first kappa shape index (κ1) is 18.3. The predicted molar refractivity (Wildman–Crippen MR) is 100 cm³/mol. The van der Waals surface area contributed by atoms with Gasteiger partial charge >= 0.3 is 6.03 Å². The molecule has 0 atom stereocenters. The van der Waals surface area contributed by atoms with Crippen LogP contribution in [0.1, 0.15) is 41.0 Å². The van der Waals surface area contributed by atoms with E-state index in [1.54, 1.807) is 6.92 Å². The van der Waals surface area contributed by atoms with E-state index in [0.29, 0.717) is 21.4 Å². The largest absolute Gasteiger partial charge is 0.338 e. The van der Waals surface area contributed by atoms with Crippen LogP contribution in [-0.4, -0.2) is 34.9 Å². The Kier molecular flexibility index (Phi) is 5.82. The minimum absolute atomic E-state index is 0.0195. The minimum atomic E-state index is -0.487. The Balaban J connectivity index is 1.64. The van der Waals surface area contributed by atoms with Gasteiger partial charge < -0.3 is 10.2 Å². The molecule has 1 aromatic carbocycles. The van der Waals surface area contributed by atoms with Crippen LogP contribution < -0.4 is 10.6 Å². The van der Waals surface area contributed by atoms with Gasteiger partial charge in [0.2, 0.25) is 0 Å². The third-order valence-corrected chi connectivity index (χ3v) is 5.27. The van der Waals surface area contributed by atoms with Gasteiger partial charge in [-0.05, 0) is 44.0 Å². The molecule has 0 bridgehead atoms. The molecular weight excluding hydrogens is 355 g/mol. The van der Waals surface area contributed by atoms with Crippen molar-refractivity contribution in [2.45, 2.75) is 32.6 Å². The lowest BCUT2D eigenvalue weighted by Crippen LogP contribution is -2.31. The van der Waals surface area contributed by atoms with E-state index >= 15 is 0 Å². The van der Waals surface area contributed by atoms with E-state index < -0.39 is 6.03 Å². The van der Waals surface area contributed by atoms with Crippen molar-refractivity contribution in [3.8, 4) is 0 Å². The van der Waals surface area contributed by atoms with Gasteiger partial charge in [-0.15, -0.1) is 0 Å². The van der Waals surface area contributed by atoms with Crippen LogP contribution in [0.3, 0.4) is 0 Å². The monoisotopic (exact) mass is 376 g/mol. The number of nitrogens with one attached hydrogen (secondary N) is 2. The van der Waals surface area contributed by atoms with Gasteiger partial charge in [-0.25, -0.2) is 14.2 Å². The molecule has 2 aromatic rings. The third-order valence-electron chi connectivity index (χ3n) is 4.21. The van der Waals surface area contributed by atoms with E-state index in [2.05, 4.69) is 15.6 Å². The fourth-order valence-corrected chi connectivity index (χ4v) is 3.79. The maximum atomic E-state index is 12.9. The number of benzene rings is 1. The zero-order valence-electron chi connectivity index (χ0n) is 14.5. The standard InChI is InChI=1S/C18H21FN4O2S/c1-12-15(16(24)23-10-4-2-3-5-11-23)26-18(20-12)22-17(25)21-14-8-6-13(19)7-9-14/h6-9H,2-5,10-11H2,1H3,(H2,20,21,22,25). The second-order valence-electron chi connectivity index (χ2n) is 6.23. The van der Waals surface area contributed by atoms with Crippen LogP contribution in [0, 0.1) is 12.7 Å². The van der Waals surface area contributed by atoms with E-state index in [1.807, 2.05) is 4.90 Å². The van der Waals surface area contributed by atoms with Crippen LogP contribution in [0.5, 0.6) is 0 Å². The highest BCUT2D eigenvalue weighted by atomic mass is 32.1. The maximum absolute atomic E-state index is 12.9. The van der Waals surface area contributed by atoms with Crippen LogP contribution >= 0.6 is 11.3 Å². The number of aryl methyl sites for hydroxylation is 1. The summed E-state index contributed by atoms with van der Waals surface area (Å²) in [6.45, 7) is 3.30. The number of anilines is 2. The second-order valence-corrected chi connectivity index (χ2v) is 7.23. The molecule has 3 rings (SSSR count). The van der Waals surface area contributed by atoms with Crippen molar-refractivity contribution in [3.05, 3.63) is 40.7 Å². The number of rotatable bonds is 3. The summed E-state index contributed by atoms with van der Waals surface area (Å²) in [7, 11) is 0. The zero-order valence-corrected chi connectivity index (χ0v) is 15.4. The molecule has 1 aliphatic heterocycles. The fourth-order valence-electron chi connectivity index (χ4n) is 2.86. The normalized spacial score (nSPS) is 14.6. The third kappa shape index (κ3) is 4.57. The summed E-state index contributed by atoms with van der Waals surface area (Å²) in [4.78, 5) is 31.5. The lowest BCUT2D eigenvalue weighted by Gasteiger charge is -2.19. The van der Waals surface area contributed by atoms with Crippen molar-refractivity contribution in [1.82, 2.24) is 9.88 Å². The number of amides is 3. The van der Waals surface area contributed by atoms with Gasteiger partial charge in [-0.3, -0.25) is 10.1 Å². The van der Waals surface area contributed by atoms with Crippen LogP contribution in [-0.2, 0) is 0 Å². The predicted octanol–water partition coefficient (Wildman–Crippen LogP) is 4.25. The average Bonchev–Trinajstić information content (AvgIpc) is 2.82. The molecule has 1 aliphatic rings. The van der Waals surface area contributed by atoms with Crippen LogP contribution in [0.2, 0.25) is 0 Å². The van der Waals surface area contributed by atoms with Crippen molar-refractivity contribution >= 4 is 34.1 Å². The molecule has 6 nitrogen and oxygen atoms in total. The van der Waals surface area contributed by atoms with Crippen molar-refractivity contribution in [2.24, 2.45) is 0 Å². The summed E-state index contributed by atoms with van der Waals surface area (Å²) in [5.74, 6) is -0.392. The molecule has 2 heterocycles. The number of thiazole rings is 1. The number of nitrogens with zero attached hydrogens (tertiary/aromatic N) is 2. The SMILES string of the molecule is Cc1nc(NC(=O)Nc2ccc(F)cc2)sc1C(=O)N1CCCCCC1. The molecule has 0 aliphatic carbocycles. The smallest absolute Gasteiger partial charge is 0.325 e. The number of hydrogen-bond donors (Lipinski definition) is 2. The number of urea groups is 1. The molecule has 8 heteroatoms. The number of likely N-dealkylation sites (tertiary alicyclic amines) is 1. The van der Waals surface area contributed by atoms with Gasteiger partial charge in [0.25, 0.3) is 5.91 Å². The van der Waals surface area contributed by atoms with Crippen molar-refractivity contribution in [2.75, 3.05) is 23.7 Å². The van der Waals surface area contributed by atoms with Crippen molar-refractivity contribution in [3.63, 3.8) is 0 Å². The van der Waals surface area contributed by atoms with Crippen molar-refractivity contribution in [1.29, 1.82) is 0 Å². The molecule has 0 spiro atoms. The van der Waals surface area contributed by atoms with E-state index in [0.717, 1.165) is 38.8 Å². The average molecular weight is 376 g/mol. The molecule has 0 saturated carbocycles.